The molecule has 2 atom stereocenters. The molecule has 0 bridgehead atoms. The molecule has 0 fully saturated rings. The topological polar surface area (TPSA) is 37.3 Å². The largest absolute Gasteiger partial charge is 0.391 e. The van der Waals surface area contributed by atoms with E-state index in [1.54, 1.807) is 0 Å². The monoisotopic (exact) mass is 310 g/mol. The van der Waals surface area contributed by atoms with Crippen molar-refractivity contribution in [3.8, 4) is 0 Å². The average molecular weight is 311 g/mol. The summed E-state index contributed by atoms with van der Waals surface area (Å²) >= 11 is 5.48. The number of hydrogen-bond acceptors (Lipinski definition) is 2. The van der Waals surface area contributed by atoms with Crippen LogP contribution >= 0.6 is 11.6 Å². The predicted octanol–water partition coefficient (Wildman–Crippen LogP) is 4.26. The first-order valence-electron chi connectivity index (χ1n) is 7.79. The molecule has 19 heavy (non-hydrogen) atoms. The van der Waals surface area contributed by atoms with Crippen LogP contribution in [0, 0.1) is 0 Å². The van der Waals surface area contributed by atoms with Gasteiger partial charge in [0, 0.05) is 22.4 Å². The van der Waals surface area contributed by atoms with Crippen molar-refractivity contribution >= 4 is 22.4 Å². The van der Waals surface area contributed by atoms with Crippen molar-refractivity contribution in [2.24, 2.45) is 0 Å². The lowest BCUT2D eigenvalue weighted by molar-refractivity contribution is 0.222. The normalized spacial score (nSPS) is 14.5. The maximum atomic E-state index is 11.5. The molecule has 0 spiro atoms. The summed E-state index contributed by atoms with van der Waals surface area (Å²) in [6.07, 6.45) is 12.3. The number of halogens is 1. The van der Waals surface area contributed by atoms with Crippen molar-refractivity contribution in [2.75, 3.05) is 17.4 Å². The molecule has 2 nitrogen and oxygen atoms in total. The molecule has 0 rings (SSSR count). The van der Waals surface area contributed by atoms with Crippen LogP contribution in [-0.4, -0.2) is 32.8 Å². The summed E-state index contributed by atoms with van der Waals surface area (Å²) in [4.78, 5) is 0. The number of rotatable bonds is 14. The Labute approximate surface area is 126 Å². The molecule has 0 heterocycles. The summed E-state index contributed by atoms with van der Waals surface area (Å²) in [5.41, 5.74) is 0. The van der Waals surface area contributed by atoms with E-state index in [9.17, 15) is 9.32 Å². The van der Waals surface area contributed by atoms with Gasteiger partial charge in [0.25, 0.3) is 0 Å². The highest BCUT2D eigenvalue weighted by molar-refractivity contribution is 7.85. The fourth-order valence-corrected chi connectivity index (χ4v) is 3.57. The lowest BCUT2D eigenvalue weighted by Gasteiger charge is -2.06. The average Bonchev–Trinajstić information content (AvgIpc) is 2.40. The number of alkyl halides is 1. The number of aliphatic hydroxyl groups excluding tert-OH is 1. The molecule has 0 aromatic carbocycles. The van der Waals surface area contributed by atoms with Crippen molar-refractivity contribution in [3.63, 3.8) is 0 Å². The maximum Gasteiger partial charge on any atom is 0.0790 e. The SMILES string of the molecule is CCCCCCCCCCCC[S@](=O)C[C@H](O)CCl. The first kappa shape index (κ1) is 19.4. The van der Waals surface area contributed by atoms with Gasteiger partial charge in [-0.2, -0.15) is 0 Å². The number of aliphatic hydroxyl groups is 1. The first-order valence-corrected chi connectivity index (χ1v) is 9.82. The molecule has 1 N–H and O–H groups in total. The maximum absolute atomic E-state index is 11.5. The lowest BCUT2D eigenvalue weighted by Crippen LogP contribution is -2.19. The quantitative estimate of drug-likeness (QED) is 0.384. The van der Waals surface area contributed by atoms with Gasteiger partial charge in [0.15, 0.2) is 0 Å². The van der Waals surface area contributed by atoms with Crippen LogP contribution in [0.2, 0.25) is 0 Å². The van der Waals surface area contributed by atoms with Crippen molar-refractivity contribution in [3.05, 3.63) is 0 Å². The Balaban J connectivity index is 3.16. The standard InChI is InChI=1S/C15H31ClO2S/c1-2-3-4-5-6-7-8-9-10-11-12-19(18)14-15(17)13-16/h15,17H,2-14H2,1H3/t15-,19+/m1/s1. The van der Waals surface area contributed by atoms with Gasteiger partial charge in [-0.3, -0.25) is 4.21 Å². The van der Waals surface area contributed by atoms with Crippen LogP contribution in [-0.2, 0) is 10.8 Å². The third kappa shape index (κ3) is 14.6. The summed E-state index contributed by atoms with van der Waals surface area (Å²) in [7, 11) is -0.897. The third-order valence-corrected chi connectivity index (χ3v) is 5.14. The molecule has 0 saturated heterocycles. The van der Waals surface area contributed by atoms with Gasteiger partial charge in [-0.1, -0.05) is 64.7 Å². The van der Waals surface area contributed by atoms with Crippen molar-refractivity contribution in [2.45, 2.75) is 77.2 Å². The van der Waals surface area contributed by atoms with E-state index in [1.165, 1.54) is 51.4 Å². The summed E-state index contributed by atoms with van der Waals surface area (Å²) in [5.74, 6) is 1.23. The second-order valence-corrected chi connectivity index (χ2v) is 7.23. The Hall–Kier alpha value is 0.400. The van der Waals surface area contributed by atoms with Crippen LogP contribution in [0.1, 0.15) is 71.1 Å². The van der Waals surface area contributed by atoms with E-state index in [1.807, 2.05) is 0 Å². The van der Waals surface area contributed by atoms with E-state index in [2.05, 4.69) is 6.92 Å². The van der Waals surface area contributed by atoms with Gasteiger partial charge in [-0.05, 0) is 6.42 Å². The van der Waals surface area contributed by atoms with E-state index in [4.69, 9.17) is 11.6 Å². The van der Waals surface area contributed by atoms with Gasteiger partial charge in [0.1, 0.15) is 0 Å². The number of hydrogen-bond donors (Lipinski definition) is 1. The van der Waals surface area contributed by atoms with Crippen LogP contribution < -0.4 is 0 Å². The molecule has 0 unspecified atom stereocenters. The van der Waals surface area contributed by atoms with E-state index in [0.717, 1.165) is 12.8 Å². The molecular weight excluding hydrogens is 280 g/mol. The Kier molecular flexibility index (Phi) is 15.1. The minimum absolute atomic E-state index is 0.184. The fourth-order valence-electron chi connectivity index (χ4n) is 2.09. The lowest BCUT2D eigenvalue weighted by atomic mass is 10.1. The van der Waals surface area contributed by atoms with E-state index in [-0.39, 0.29) is 5.88 Å². The van der Waals surface area contributed by atoms with E-state index < -0.39 is 16.9 Å². The second-order valence-electron chi connectivity index (χ2n) is 5.30. The second kappa shape index (κ2) is 14.8. The highest BCUT2D eigenvalue weighted by Crippen LogP contribution is 2.10. The minimum atomic E-state index is -0.897. The molecule has 0 aliphatic heterocycles. The van der Waals surface area contributed by atoms with Crippen molar-refractivity contribution in [1.82, 2.24) is 0 Å². The molecule has 0 saturated carbocycles. The summed E-state index contributed by atoms with van der Waals surface area (Å²) in [5, 5.41) is 9.26. The van der Waals surface area contributed by atoms with Gasteiger partial charge in [-0.25, -0.2) is 0 Å². The molecule has 0 aliphatic carbocycles. The van der Waals surface area contributed by atoms with Crippen molar-refractivity contribution < 1.29 is 9.32 Å². The molecule has 0 radical (unpaired) electrons. The van der Waals surface area contributed by atoms with Crippen LogP contribution in [0.25, 0.3) is 0 Å². The Morgan fingerprint density at radius 1 is 0.947 bits per heavy atom. The highest BCUT2D eigenvalue weighted by Gasteiger charge is 2.07. The smallest absolute Gasteiger partial charge is 0.0790 e. The zero-order valence-electron chi connectivity index (χ0n) is 12.4. The van der Waals surface area contributed by atoms with Crippen LogP contribution in [0.5, 0.6) is 0 Å². The molecule has 0 amide bonds. The van der Waals surface area contributed by atoms with Gasteiger partial charge < -0.3 is 5.11 Å². The predicted molar refractivity (Wildman–Crippen MR) is 86.4 cm³/mol. The molecule has 4 heteroatoms. The summed E-state index contributed by atoms with van der Waals surface area (Å²) in [6, 6.07) is 0. The van der Waals surface area contributed by atoms with Crippen LogP contribution in [0.3, 0.4) is 0 Å². The van der Waals surface area contributed by atoms with E-state index >= 15 is 0 Å². The molecule has 0 aromatic heterocycles. The van der Waals surface area contributed by atoms with Crippen LogP contribution in [0.4, 0.5) is 0 Å². The summed E-state index contributed by atoms with van der Waals surface area (Å²) < 4.78 is 11.5. The van der Waals surface area contributed by atoms with Gasteiger partial charge >= 0.3 is 0 Å². The summed E-state index contributed by atoms with van der Waals surface area (Å²) in [6.45, 7) is 2.25. The van der Waals surface area contributed by atoms with E-state index in [0.29, 0.717) is 11.5 Å². The Morgan fingerprint density at radius 3 is 1.89 bits per heavy atom. The van der Waals surface area contributed by atoms with Crippen molar-refractivity contribution in [1.29, 1.82) is 0 Å². The Morgan fingerprint density at radius 2 is 1.42 bits per heavy atom. The Bertz CT molecular complexity index is 212. The first-order chi connectivity index (χ1) is 9.20. The molecule has 0 aromatic rings. The zero-order valence-corrected chi connectivity index (χ0v) is 14.0. The molecule has 0 aliphatic rings. The molecular formula is C15H31ClO2S. The van der Waals surface area contributed by atoms with Gasteiger partial charge in [-0.15, -0.1) is 11.6 Å². The fraction of sp³-hybridized carbons (Fsp3) is 1.00. The highest BCUT2D eigenvalue weighted by atomic mass is 35.5. The minimum Gasteiger partial charge on any atom is -0.391 e. The van der Waals surface area contributed by atoms with Gasteiger partial charge in [0.2, 0.25) is 0 Å². The third-order valence-electron chi connectivity index (χ3n) is 3.28. The van der Waals surface area contributed by atoms with Gasteiger partial charge in [0.05, 0.1) is 11.9 Å². The molecule has 116 valence electrons. The zero-order chi connectivity index (χ0) is 14.3. The van der Waals surface area contributed by atoms with Crippen LogP contribution in [0.15, 0.2) is 0 Å². The number of unbranched alkanes of at least 4 members (excludes halogenated alkanes) is 9.